The number of terminal acetylenes is 1. The summed E-state index contributed by atoms with van der Waals surface area (Å²) in [7, 11) is 0. The Bertz CT molecular complexity index is 853. The molecule has 0 saturated heterocycles. The molecule has 114 valence electrons. The van der Waals surface area contributed by atoms with Crippen LogP contribution in [0, 0.1) is 18.2 Å². The van der Waals surface area contributed by atoms with Gasteiger partial charge in [-0.2, -0.15) is 0 Å². The van der Waals surface area contributed by atoms with E-state index in [9.17, 15) is 4.39 Å². The molecule has 3 heteroatoms. The second kappa shape index (κ2) is 6.10. The molecule has 0 atom stereocenters. The number of rotatable bonds is 3. The van der Waals surface area contributed by atoms with Crippen LogP contribution in [0.15, 0.2) is 54.6 Å². The van der Waals surface area contributed by atoms with Crippen molar-refractivity contribution in [2.75, 3.05) is 0 Å². The van der Waals surface area contributed by atoms with Gasteiger partial charge in [-0.3, -0.25) is 4.57 Å². The van der Waals surface area contributed by atoms with Gasteiger partial charge in [0.15, 0.2) is 0 Å². The van der Waals surface area contributed by atoms with Crippen molar-refractivity contribution < 1.29 is 4.39 Å². The molecule has 0 aliphatic rings. The molecule has 0 radical (unpaired) electrons. The van der Waals surface area contributed by atoms with Gasteiger partial charge in [0.1, 0.15) is 17.3 Å². The van der Waals surface area contributed by atoms with E-state index in [0.29, 0.717) is 5.69 Å². The van der Waals surface area contributed by atoms with Crippen molar-refractivity contribution in [1.29, 1.82) is 0 Å². The van der Waals surface area contributed by atoms with Crippen molar-refractivity contribution in [2.24, 2.45) is 0 Å². The number of hydrogen-bond acceptors (Lipinski definition) is 1. The van der Waals surface area contributed by atoms with Crippen LogP contribution in [0.3, 0.4) is 0 Å². The zero-order valence-electron chi connectivity index (χ0n) is 13.1. The van der Waals surface area contributed by atoms with Crippen LogP contribution in [0.2, 0.25) is 0 Å². The lowest BCUT2D eigenvalue weighted by Gasteiger charge is -2.10. The van der Waals surface area contributed by atoms with Gasteiger partial charge >= 0.3 is 0 Å². The molecule has 2 aromatic carbocycles. The maximum absolute atomic E-state index is 13.3. The van der Waals surface area contributed by atoms with Crippen molar-refractivity contribution in [2.45, 2.75) is 19.8 Å². The largest absolute Gasteiger partial charge is 0.285 e. The summed E-state index contributed by atoms with van der Waals surface area (Å²) in [6, 6.07) is 16.2. The van der Waals surface area contributed by atoms with E-state index in [4.69, 9.17) is 11.4 Å². The average Bonchev–Trinajstić information content (AvgIpc) is 2.96. The average molecular weight is 304 g/mol. The summed E-state index contributed by atoms with van der Waals surface area (Å²) in [4.78, 5) is 4.78. The lowest BCUT2D eigenvalue weighted by molar-refractivity contribution is 0.627. The summed E-state index contributed by atoms with van der Waals surface area (Å²) in [6.07, 6.45) is 5.76. The SMILES string of the molecule is C#Cc1c(C(C)C)nc(-c2ccccc2)n1-c1ccc(F)cc1. The minimum Gasteiger partial charge on any atom is -0.285 e. The summed E-state index contributed by atoms with van der Waals surface area (Å²) < 4.78 is 15.2. The molecule has 2 nitrogen and oxygen atoms in total. The fourth-order valence-corrected chi connectivity index (χ4v) is 2.60. The van der Waals surface area contributed by atoms with Gasteiger partial charge in [0.05, 0.1) is 5.69 Å². The highest BCUT2D eigenvalue weighted by atomic mass is 19.1. The van der Waals surface area contributed by atoms with E-state index in [1.807, 2.05) is 34.9 Å². The molecule has 0 N–H and O–H groups in total. The van der Waals surface area contributed by atoms with Crippen LogP contribution in [-0.4, -0.2) is 9.55 Å². The molecule has 0 aliphatic carbocycles. The van der Waals surface area contributed by atoms with E-state index in [2.05, 4.69) is 19.8 Å². The third kappa shape index (κ3) is 2.76. The Morgan fingerprint density at radius 3 is 2.26 bits per heavy atom. The first kappa shape index (κ1) is 15.1. The van der Waals surface area contributed by atoms with Crippen molar-refractivity contribution in [1.82, 2.24) is 9.55 Å². The molecular weight excluding hydrogens is 287 g/mol. The molecule has 3 aromatic rings. The van der Waals surface area contributed by atoms with E-state index in [1.165, 1.54) is 12.1 Å². The Balaban J connectivity index is 2.31. The van der Waals surface area contributed by atoms with E-state index < -0.39 is 0 Å². The van der Waals surface area contributed by atoms with Gasteiger partial charge in [0, 0.05) is 11.3 Å². The zero-order valence-corrected chi connectivity index (χ0v) is 13.1. The minimum absolute atomic E-state index is 0.199. The number of hydrogen-bond donors (Lipinski definition) is 0. The molecule has 0 bridgehead atoms. The van der Waals surface area contributed by atoms with Crippen LogP contribution in [0.1, 0.15) is 31.2 Å². The maximum atomic E-state index is 13.3. The standard InChI is InChI=1S/C20H17FN2/c1-4-18-19(14(2)3)22-20(15-8-6-5-7-9-15)23(18)17-12-10-16(21)11-13-17/h1,5-14H,2-3H3. The molecule has 3 rings (SSSR count). The first-order valence-electron chi connectivity index (χ1n) is 7.52. The first-order valence-corrected chi connectivity index (χ1v) is 7.52. The summed E-state index contributed by atoms with van der Waals surface area (Å²) in [5.74, 6) is 3.45. The summed E-state index contributed by atoms with van der Waals surface area (Å²) in [6.45, 7) is 4.12. The fourth-order valence-electron chi connectivity index (χ4n) is 2.60. The predicted octanol–water partition coefficient (Wildman–Crippen LogP) is 4.78. The second-order valence-corrected chi connectivity index (χ2v) is 5.65. The maximum Gasteiger partial charge on any atom is 0.145 e. The van der Waals surface area contributed by atoms with Gasteiger partial charge < -0.3 is 0 Å². The zero-order chi connectivity index (χ0) is 16.4. The number of nitrogens with zero attached hydrogens (tertiary/aromatic N) is 2. The lowest BCUT2D eigenvalue weighted by atomic mass is 10.1. The van der Waals surface area contributed by atoms with Crippen LogP contribution < -0.4 is 0 Å². The fraction of sp³-hybridized carbons (Fsp3) is 0.150. The molecule has 1 aromatic heterocycles. The lowest BCUT2D eigenvalue weighted by Crippen LogP contribution is -2.01. The monoisotopic (exact) mass is 304 g/mol. The molecule has 23 heavy (non-hydrogen) atoms. The highest BCUT2D eigenvalue weighted by molar-refractivity contribution is 5.62. The second-order valence-electron chi connectivity index (χ2n) is 5.65. The Morgan fingerprint density at radius 2 is 1.70 bits per heavy atom. The first-order chi connectivity index (χ1) is 11.1. The summed E-state index contributed by atoms with van der Waals surface area (Å²) in [5.41, 5.74) is 3.36. The molecule has 0 spiro atoms. The van der Waals surface area contributed by atoms with Gasteiger partial charge in [-0.05, 0) is 36.1 Å². The van der Waals surface area contributed by atoms with E-state index in [0.717, 1.165) is 22.8 Å². The molecule has 1 heterocycles. The van der Waals surface area contributed by atoms with Crippen molar-refractivity contribution in [3.63, 3.8) is 0 Å². The normalized spacial score (nSPS) is 10.7. The molecule has 0 saturated carbocycles. The quantitative estimate of drug-likeness (QED) is 0.637. The minimum atomic E-state index is -0.276. The topological polar surface area (TPSA) is 17.8 Å². The number of halogens is 1. The Hall–Kier alpha value is -2.86. The molecular formula is C20H17FN2. The third-order valence-corrected chi connectivity index (χ3v) is 3.70. The Labute approximate surface area is 135 Å². The highest BCUT2D eigenvalue weighted by Gasteiger charge is 2.20. The van der Waals surface area contributed by atoms with Crippen LogP contribution in [-0.2, 0) is 0 Å². The Morgan fingerprint density at radius 1 is 1.04 bits per heavy atom. The molecule has 0 fully saturated rings. The number of benzene rings is 2. The smallest absolute Gasteiger partial charge is 0.145 e. The summed E-state index contributed by atoms with van der Waals surface area (Å²) in [5, 5.41) is 0. The van der Waals surface area contributed by atoms with Gasteiger partial charge in [-0.25, -0.2) is 9.37 Å². The highest BCUT2D eigenvalue weighted by Crippen LogP contribution is 2.29. The van der Waals surface area contributed by atoms with E-state index in [1.54, 1.807) is 12.1 Å². The van der Waals surface area contributed by atoms with Gasteiger partial charge in [-0.15, -0.1) is 6.42 Å². The third-order valence-electron chi connectivity index (χ3n) is 3.70. The van der Waals surface area contributed by atoms with E-state index >= 15 is 0 Å². The summed E-state index contributed by atoms with van der Waals surface area (Å²) >= 11 is 0. The number of aromatic nitrogens is 2. The predicted molar refractivity (Wildman–Crippen MR) is 91.0 cm³/mol. The molecule has 0 unspecified atom stereocenters. The molecule has 0 aliphatic heterocycles. The van der Waals surface area contributed by atoms with Gasteiger partial charge in [0.2, 0.25) is 0 Å². The van der Waals surface area contributed by atoms with Crippen molar-refractivity contribution in [3.05, 3.63) is 71.8 Å². The van der Waals surface area contributed by atoms with E-state index in [-0.39, 0.29) is 11.7 Å². The van der Waals surface area contributed by atoms with Crippen LogP contribution in [0.5, 0.6) is 0 Å². The van der Waals surface area contributed by atoms with Gasteiger partial charge in [-0.1, -0.05) is 44.2 Å². The van der Waals surface area contributed by atoms with Gasteiger partial charge in [0.25, 0.3) is 0 Å². The van der Waals surface area contributed by atoms with Crippen LogP contribution in [0.25, 0.3) is 17.1 Å². The number of imidazole rings is 1. The molecule has 0 amide bonds. The van der Waals surface area contributed by atoms with Crippen molar-refractivity contribution >= 4 is 0 Å². The van der Waals surface area contributed by atoms with Crippen molar-refractivity contribution in [3.8, 4) is 29.4 Å². The van der Waals surface area contributed by atoms with Crippen LogP contribution >= 0.6 is 0 Å². The Kier molecular flexibility index (Phi) is 3.99. The van der Waals surface area contributed by atoms with Crippen LogP contribution in [0.4, 0.5) is 4.39 Å².